The zero-order chi connectivity index (χ0) is 15.4. The lowest BCUT2D eigenvalue weighted by Crippen LogP contribution is -2.47. The average molecular weight is 298 g/mol. The van der Waals surface area contributed by atoms with Gasteiger partial charge in [-0.3, -0.25) is 4.79 Å². The topological polar surface area (TPSA) is 53.0 Å². The molecule has 0 radical (unpaired) electrons. The summed E-state index contributed by atoms with van der Waals surface area (Å²) < 4.78 is 5.71. The van der Waals surface area contributed by atoms with E-state index in [4.69, 9.17) is 4.74 Å². The molecular formula is C17H18N2O3. The number of nitrogens with zero attached hydrogens (tertiary/aromatic N) is 2. The molecule has 0 unspecified atom stereocenters. The third-order valence-electron chi connectivity index (χ3n) is 3.62. The number of ether oxygens (including phenoxy) is 1. The zero-order valence-electron chi connectivity index (χ0n) is 12.2. The van der Waals surface area contributed by atoms with E-state index < -0.39 is 0 Å². The Bertz CT molecular complexity index is 620. The Hall–Kier alpha value is -2.37. The van der Waals surface area contributed by atoms with E-state index in [1.54, 1.807) is 29.2 Å². The Kier molecular flexibility index (Phi) is 4.37. The molecule has 1 aliphatic heterocycles. The summed E-state index contributed by atoms with van der Waals surface area (Å²) >= 11 is 0. The highest BCUT2D eigenvalue weighted by Crippen LogP contribution is 2.21. The first kappa shape index (κ1) is 14.6. The molecule has 22 heavy (non-hydrogen) atoms. The van der Waals surface area contributed by atoms with Crippen LogP contribution in [0.2, 0.25) is 0 Å². The lowest BCUT2D eigenvalue weighted by atomic mass is 10.2. The van der Waals surface area contributed by atoms with Gasteiger partial charge < -0.3 is 14.8 Å². The predicted octanol–water partition coefficient (Wildman–Crippen LogP) is 2.63. The first-order chi connectivity index (χ1) is 10.7. The molecule has 0 saturated carbocycles. The van der Waals surface area contributed by atoms with Crippen LogP contribution < -0.4 is 4.74 Å². The third-order valence-corrected chi connectivity index (χ3v) is 3.62. The van der Waals surface area contributed by atoms with Gasteiger partial charge in [0.25, 0.3) is 5.91 Å². The molecule has 5 heteroatoms. The summed E-state index contributed by atoms with van der Waals surface area (Å²) in [6.07, 6.45) is 0. The van der Waals surface area contributed by atoms with Crippen molar-refractivity contribution in [3.05, 3.63) is 60.2 Å². The summed E-state index contributed by atoms with van der Waals surface area (Å²) in [5.41, 5.74) is 0.631. The highest BCUT2D eigenvalue weighted by molar-refractivity contribution is 5.94. The van der Waals surface area contributed by atoms with Crippen molar-refractivity contribution < 1.29 is 14.7 Å². The fraction of sp³-hybridized carbons (Fsp3) is 0.235. The minimum atomic E-state index is -0.0145. The number of benzene rings is 2. The van der Waals surface area contributed by atoms with Crippen molar-refractivity contribution in [2.24, 2.45) is 0 Å². The van der Waals surface area contributed by atoms with Gasteiger partial charge in [0.05, 0.1) is 0 Å². The molecule has 114 valence electrons. The van der Waals surface area contributed by atoms with Crippen LogP contribution in [0.4, 0.5) is 0 Å². The van der Waals surface area contributed by atoms with Gasteiger partial charge in [-0.25, -0.2) is 0 Å². The Morgan fingerprint density at radius 1 is 0.864 bits per heavy atom. The second-order valence-electron chi connectivity index (χ2n) is 5.19. The highest BCUT2D eigenvalue weighted by atomic mass is 16.5. The van der Waals surface area contributed by atoms with Gasteiger partial charge in [-0.15, -0.1) is 0 Å². The molecule has 1 amide bonds. The lowest BCUT2D eigenvalue weighted by molar-refractivity contribution is -0.112. The van der Waals surface area contributed by atoms with Gasteiger partial charge in [-0.1, -0.05) is 18.2 Å². The van der Waals surface area contributed by atoms with E-state index in [2.05, 4.69) is 0 Å². The van der Waals surface area contributed by atoms with Crippen molar-refractivity contribution in [3.8, 4) is 11.5 Å². The van der Waals surface area contributed by atoms with Crippen LogP contribution in [0.15, 0.2) is 54.6 Å². The molecule has 2 aromatic carbocycles. The lowest BCUT2D eigenvalue weighted by Gasteiger charge is -2.31. The maximum Gasteiger partial charge on any atom is 0.253 e. The van der Waals surface area contributed by atoms with Crippen molar-refractivity contribution in [2.75, 3.05) is 26.2 Å². The maximum atomic E-state index is 12.4. The minimum Gasteiger partial charge on any atom is -0.457 e. The Morgan fingerprint density at radius 3 is 2.09 bits per heavy atom. The number of hydrogen-bond donors (Lipinski definition) is 1. The Morgan fingerprint density at radius 2 is 1.45 bits per heavy atom. The van der Waals surface area contributed by atoms with Crippen LogP contribution >= 0.6 is 0 Å². The van der Waals surface area contributed by atoms with E-state index in [1.807, 2.05) is 30.3 Å². The van der Waals surface area contributed by atoms with E-state index in [0.29, 0.717) is 37.5 Å². The quantitative estimate of drug-likeness (QED) is 0.946. The summed E-state index contributed by atoms with van der Waals surface area (Å²) in [4.78, 5) is 14.1. The molecular weight excluding hydrogens is 280 g/mol. The maximum absolute atomic E-state index is 12.4. The number of hydroxylamine groups is 2. The molecule has 0 aliphatic carbocycles. The van der Waals surface area contributed by atoms with E-state index in [-0.39, 0.29) is 5.91 Å². The summed E-state index contributed by atoms with van der Waals surface area (Å²) in [6, 6.07) is 16.6. The van der Waals surface area contributed by atoms with Gasteiger partial charge in [0.15, 0.2) is 0 Å². The fourth-order valence-electron chi connectivity index (χ4n) is 2.37. The number of amides is 1. The molecule has 0 atom stereocenters. The SMILES string of the molecule is O=C(c1ccc(Oc2ccccc2)cc1)N1CCN(O)CC1. The number of rotatable bonds is 3. The monoisotopic (exact) mass is 298 g/mol. The minimum absolute atomic E-state index is 0.0145. The molecule has 2 aromatic rings. The smallest absolute Gasteiger partial charge is 0.253 e. The predicted molar refractivity (Wildman–Crippen MR) is 82.2 cm³/mol. The van der Waals surface area contributed by atoms with Crippen molar-refractivity contribution in [3.63, 3.8) is 0 Å². The number of carbonyl (C=O) groups excluding carboxylic acids is 1. The summed E-state index contributed by atoms with van der Waals surface area (Å²) in [7, 11) is 0. The zero-order valence-corrected chi connectivity index (χ0v) is 12.2. The number of hydrogen-bond acceptors (Lipinski definition) is 4. The highest BCUT2D eigenvalue weighted by Gasteiger charge is 2.21. The van der Waals surface area contributed by atoms with E-state index in [1.165, 1.54) is 5.06 Å². The van der Waals surface area contributed by atoms with Crippen molar-refractivity contribution in [2.45, 2.75) is 0 Å². The van der Waals surface area contributed by atoms with Gasteiger partial charge in [-0.2, -0.15) is 5.06 Å². The van der Waals surface area contributed by atoms with Gasteiger partial charge >= 0.3 is 0 Å². The van der Waals surface area contributed by atoms with Gasteiger partial charge in [0, 0.05) is 31.7 Å². The van der Waals surface area contributed by atoms with Crippen LogP contribution in [0.25, 0.3) is 0 Å². The van der Waals surface area contributed by atoms with Gasteiger partial charge in [0.2, 0.25) is 0 Å². The third kappa shape index (κ3) is 3.44. The van der Waals surface area contributed by atoms with Crippen LogP contribution in [0.3, 0.4) is 0 Å². The second kappa shape index (κ2) is 6.60. The van der Waals surface area contributed by atoms with Gasteiger partial charge in [0.1, 0.15) is 11.5 Å². The number of piperazine rings is 1. The first-order valence-corrected chi connectivity index (χ1v) is 7.28. The molecule has 3 rings (SSSR count). The molecule has 1 saturated heterocycles. The average Bonchev–Trinajstić information content (AvgIpc) is 2.57. The molecule has 1 heterocycles. The van der Waals surface area contributed by atoms with Crippen LogP contribution in [0, 0.1) is 0 Å². The van der Waals surface area contributed by atoms with Crippen molar-refractivity contribution in [1.29, 1.82) is 0 Å². The molecule has 1 aliphatic rings. The molecule has 1 N–H and O–H groups in total. The van der Waals surface area contributed by atoms with Crippen LogP contribution in [-0.2, 0) is 0 Å². The number of carbonyl (C=O) groups is 1. The Balaban J connectivity index is 1.65. The summed E-state index contributed by atoms with van der Waals surface area (Å²) in [5.74, 6) is 1.45. The molecule has 0 aromatic heterocycles. The fourth-order valence-corrected chi connectivity index (χ4v) is 2.37. The van der Waals surface area contributed by atoms with E-state index in [0.717, 1.165) is 5.75 Å². The first-order valence-electron chi connectivity index (χ1n) is 7.28. The summed E-state index contributed by atoms with van der Waals surface area (Å²) in [6.45, 7) is 2.05. The van der Waals surface area contributed by atoms with Crippen molar-refractivity contribution >= 4 is 5.91 Å². The van der Waals surface area contributed by atoms with E-state index >= 15 is 0 Å². The second-order valence-corrected chi connectivity index (χ2v) is 5.19. The van der Waals surface area contributed by atoms with Crippen LogP contribution in [0.1, 0.15) is 10.4 Å². The van der Waals surface area contributed by atoms with Gasteiger partial charge in [-0.05, 0) is 36.4 Å². The standard InChI is InChI=1S/C17H18N2O3/c20-17(18-10-12-19(21)13-11-18)14-6-8-16(9-7-14)22-15-4-2-1-3-5-15/h1-9,21H,10-13H2. The molecule has 0 bridgehead atoms. The normalized spacial score (nSPS) is 15.6. The van der Waals surface area contributed by atoms with Crippen molar-refractivity contribution in [1.82, 2.24) is 9.96 Å². The van der Waals surface area contributed by atoms with Crippen LogP contribution in [0.5, 0.6) is 11.5 Å². The summed E-state index contributed by atoms with van der Waals surface area (Å²) in [5, 5.41) is 10.6. The van der Waals surface area contributed by atoms with Crippen LogP contribution in [-0.4, -0.2) is 47.3 Å². The largest absolute Gasteiger partial charge is 0.457 e. The molecule has 1 fully saturated rings. The Labute approximate surface area is 129 Å². The molecule has 5 nitrogen and oxygen atoms in total. The number of para-hydroxylation sites is 1. The van der Waals surface area contributed by atoms with E-state index in [9.17, 15) is 10.0 Å². The molecule has 0 spiro atoms.